The molecule has 1 aromatic rings. The summed E-state index contributed by atoms with van der Waals surface area (Å²) in [5.74, 6) is -1.68. The molecule has 1 atom stereocenters. The monoisotopic (exact) mass is 340 g/mol. The molecule has 0 aliphatic heterocycles. The summed E-state index contributed by atoms with van der Waals surface area (Å²) in [6.07, 6.45) is 0.994. The molecule has 1 rings (SSSR count). The van der Waals surface area contributed by atoms with Crippen LogP contribution < -0.4 is 5.32 Å². The molecular formula is C13H16N4O5S. The average molecular weight is 340 g/mol. The van der Waals surface area contributed by atoms with Crippen molar-refractivity contribution in [1.29, 1.82) is 5.26 Å². The maximum Gasteiger partial charge on any atom is 0.321 e. The Labute approximate surface area is 133 Å². The van der Waals surface area contributed by atoms with E-state index in [9.17, 15) is 18.0 Å². The topological polar surface area (TPSA) is 140 Å². The lowest BCUT2D eigenvalue weighted by atomic mass is 10.3. The number of aliphatic carboxylic acids is 1. The van der Waals surface area contributed by atoms with Crippen LogP contribution >= 0.6 is 0 Å². The molecule has 0 saturated carbocycles. The first kappa shape index (κ1) is 18.5. The van der Waals surface area contributed by atoms with Gasteiger partial charge in [0.1, 0.15) is 22.7 Å². The van der Waals surface area contributed by atoms with Crippen molar-refractivity contribution in [3.63, 3.8) is 0 Å². The summed E-state index contributed by atoms with van der Waals surface area (Å²) in [6, 6.07) is 2.84. The highest BCUT2D eigenvalue weighted by molar-refractivity contribution is 7.89. The quantitative estimate of drug-likeness (QED) is 0.685. The van der Waals surface area contributed by atoms with E-state index in [1.54, 1.807) is 6.07 Å². The van der Waals surface area contributed by atoms with E-state index in [2.05, 4.69) is 10.3 Å². The fraction of sp³-hybridized carbons (Fsp3) is 0.385. The fourth-order valence-electron chi connectivity index (χ4n) is 1.72. The van der Waals surface area contributed by atoms with Crippen LogP contribution in [0.25, 0.3) is 0 Å². The number of carbonyl (C=O) groups is 2. The van der Waals surface area contributed by atoms with Gasteiger partial charge in [0.25, 0.3) is 0 Å². The molecular weight excluding hydrogens is 324 g/mol. The number of aromatic nitrogens is 1. The first-order valence-electron chi connectivity index (χ1n) is 6.55. The van der Waals surface area contributed by atoms with Crippen molar-refractivity contribution >= 4 is 21.9 Å². The fourth-order valence-corrected chi connectivity index (χ4v) is 3.26. The Morgan fingerprint density at radius 2 is 2.13 bits per heavy atom. The molecule has 0 fully saturated rings. The van der Waals surface area contributed by atoms with Crippen LogP contribution in [0.4, 0.5) is 0 Å². The standard InChI is InChI=1S/C13H16N4O5S/c1-9(13(19)20)17(6-5-15-10(2)18)23(21,22)12-4-3-11(7-14)16-8-12/h3-4,8-9H,5-6H2,1-2H3,(H,15,18)(H,19,20). The minimum atomic E-state index is -4.14. The van der Waals surface area contributed by atoms with E-state index in [1.165, 1.54) is 26.0 Å². The Bertz CT molecular complexity index is 724. The summed E-state index contributed by atoms with van der Waals surface area (Å²) in [7, 11) is -4.14. The molecule has 0 saturated heterocycles. The Balaban J connectivity index is 3.13. The molecule has 23 heavy (non-hydrogen) atoms. The summed E-state index contributed by atoms with van der Waals surface area (Å²) in [5.41, 5.74) is 0.0417. The van der Waals surface area contributed by atoms with Gasteiger partial charge < -0.3 is 10.4 Å². The third kappa shape index (κ3) is 4.73. The molecule has 0 radical (unpaired) electrons. The van der Waals surface area contributed by atoms with Gasteiger partial charge in [-0.25, -0.2) is 13.4 Å². The number of hydrogen-bond acceptors (Lipinski definition) is 6. The zero-order valence-corrected chi connectivity index (χ0v) is 13.4. The van der Waals surface area contributed by atoms with E-state index in [0.29, 0.717) is 0 Å². The van der Waals surface area contributed by atoms with Gasteiger partial charge in [0.2, 0.25) is 15.9 Å². The number of carbonyl (C=O) groups excluding carboxylic acids is 1. The molecule has 0 aromatic carbocycles. The highest BCUT2D eigenvalue weighted by Crippen LogP contribution is 2.17. The van der Waals surface area contributed by atoms with Crippen LogP contribution in [0, 0.1) is 11.3 Å². The van der Waals surface area contributed by atoms with E-state index in [1.807, 2.05) is 0 Å². The van der Waals surface area contributed by atoms with Gasteiger partial charge in [0, 0.05) is 26.2 Å². The summed E-state index contributed by atoms with van der Waals surface area (Å²) in [4.78, 5) is 25.5. The molecule has 1 heterocycles. The molecule has 10 heteroatoms. The van der Waals surface area contributed by atoms with Crippen molar-refractivity contribution in [3.8, 4) is 6.07 Å². The highest BCUT2D eigenvalue weighted by Gasteiger charge is 2.32. The maximum atomic E-state index is 12.6. The summed E-state index contributed by atoms with van der Waals surface area (Å²) in [6.45, 7) is 2.25. The van der Waals surface area contributed by atoms with E-state index < -0.39 is 22.0 Å². The molecule has 0 aliphatic carbocycles. The number of nitrogens with one attached hydrogen (secondary N) is 1. The second kappa shape index (κ2) is 7.66. The normalized spacial score (nSPS) is 12.4. The molecule has 1 aromatic heterocycles. The first-order chi connectivity index (χ1) is 10.7. The second-order valence-corrected chi connectivity index (χ2v) is 6.49. The van der Waals surface area contributed by atoms with Crippen LogP contribution in [0.3, 0.4) is 0 Å². The number of carboxylic acids is 1. The van der Waals surface area contributed by atoms with Gasteiger partial charge in [-0.05, 0) is 19.1 Å². The minimum Gasteiger partial charge on any atom is -0.480 e. The number of carboxylic acid groups (broad SMARTS) is 1. The van der Waals surface area contributed by atoms with Crippen molar-refractivity contribution < 1.29 is 23.1 Å². The molecule has 9 nitrogen and oxygen atoms in total. The molecule has 1 amide bonds. The first-order valence-corrected chi connectivity index (χ1v) is 7.99. The number of nitriles is 1. The van der Waals surface area contributed by atoms with Crippen molar-refractivity contribution in [2.45, 2.75) is 24.8 Å². The van der Waals surface area contributed by atoms with Gasteiger partial charge in [-0.1, -0.05) is 0 Å². The molecule has 0 bridgehead atoms. The maximum absolute atomic E-state index is 12.6. The Kier molecular flexibility index (Phi) is 6.18. The number of hydrogen-bond donors (Lipinski definition) is 2. The lowest BCUT2D eigenvalue weighted by molar-refractivity contribution is -0.140. The smallest absolute Gasteiger partial charge is 0.321 e. The lowest BCUT2D eigenvalue weighted by Gasteiger charge is -2.25. The SMILES string of the molecule is CC(=O)NCCN(C(C)C(=O)O)S(=O)(=O)c1ccc(C#N)nc1. The van der Waals surface area contributed by atoms with Crippen LogP contribution in [-0.2, 0) is 19.6 Å². The van der Waals surface area contributed by atoms with Crippen LogP contribution in [0.2, 0.25) is 0 Å². The lowest BCUT2D eigenvalue weighted by Crippen LogP contribution is -2.46. The molecule has 0 aliphatic rings. The van der Waals surface area contributed by atoms with Crippen molar-refractivity contribution in [3.05, 3.63) is 24.0 Å². The van der Waals surface area contributed by atoms with Crippen LogP contribution in [0.15, 0.2) is 23.2 Å². The van der Waals surface area contributed by atoms with Crippen LogP contribution in [0.5, 0.6) is 0 Å². The third-order valence-corrected chi connectivity index (χ3v) is 4.91. The summed E-state index contributed by atoms with van der Waals surface area (Å²) >= 11 is 0. The molecule has 0 spiro atoms. The van der Waals surface area contributed by atoms with E-state index in [0.717, 1.165) is 10.5 Å². The van der Waals surface area contributed by atoms with Crippen molar-refractivity contribution in [2.75, 3.05) is 13.1 Å². The summed E-state index contributed by atoms with van der Waals surface area (Å²) in [5, 5.41) is 20.2. The third-order valence-electron chi connectivity index (χ3n) is 2.95. The van der Waals surface area contributed by atoms with Gasteiger partial charge >= 0.3 is 5.97 Å². The van der Waals surface area contributed by atoms with E-state index >= 15 is 0 Å². The van der Waals surface area contributed by atoms with Crippen molar-refractivity contribution in [1.82, 2.24) is 14.6 Å². The largest absolute Gasteiger partial charge is 0.480 e. The highest BCUT2D eigenvalue weighted by atomic mass is 32.2. The van der Waals surface area contributed by atoms with E-state index in [4.69, 9.17) is 10.4 Å². The molecule has 1 unspecified atom stereocenters. The summed E-state index contributed by atoms with van der Waals surface area (Å²) < 4.78 is 25.9. The Morgan fingerprint density at radius 1 is 1.48 bits per heavy atom. The Morgan fingerprint density at radius 3 is 2.57 bits per heavy atom. The van der Waals surface area contributed by atoms with Gasteiger partial charge in [0.05, 0.1) is 0 Å². The van der Waals surface area contributed by atoms with Gasteiger partial charge in [-0.2, -0.15) is 9.57 Å². The van der Waals surface area contributed by atoms with Crippen molar-refractivity contribution in [2.24, 2.45) is 0 Å². The average Bonchev–Trinajstić information content (AvgIpc) is 2.50. The van der Waals surface area contributed by atoms with E-state index in [-0.39, 0.29) is 29.6 Å². The second-order valence-electron chi connectivity index (χ2n) is 4.60. The number of nitrogens with zero attached hydrogens (tertiary/aromatic N) is 3. The molecule has 124 valence electrons. The Hall–Kier alpha value is -2.51. The predicted molar refractivity (Wildman–Crippen MR) is 78.6 cm³/mol. The van der Waals surface area contributed by atoms with Gasteiger partial charge in [0.15, 0.2) is 0 Å². The van der Waals surface area contributed by atoms with Gasteiger partial charge in [-0.3, -0.25) is 9.59 Å². The van der Waals surface area contributed by atoms with Gasteiger partial charge in [-0.15, -0.1) is 0 Å². The number of amides is 1. The zero-order valence-electron chi connectivity index (χ0n) is 12.6. The predicted octanol–water partition coefficient (Wildman–Crippen LogP) is -0.447. The minimum absolute atomic E-state index is 0.0319. The van der Waals surface area contributed by atoms with Crippen LogP contribution in [-0.4, -0.2) is 53.8 Å². The molecule has 2 N–H and O–H groups in total. The van der Waals surface area contributed by atoms with Crippen LogP contribution in [0.1, 0.15) is 19.5 Å². The number of sulfonamides is 1. The number of pyridine rings is 1. The number of rotatable bonds is 7. The zero-order chi connectivity index (χ0) is 17.6.